The van der Waals surface area contributed by atoms with Crippen LogP contribution in [0.1, 0.15) is 23.7 Å². The molecule has 2 aliphatic heterocycles. The summed E-state index contributed by atoms with van der Waals surface area (Å²) in [5.74, 6) is 0. The second-order valence-electron chi connectivity index (χ2n) is 5.12. The Morgan fingerprint density at radius 2 is 2.12 bits per heavy atom. The number of fused-ring (bicyclic) bond motifs is 3. The van der Waals surface area contributed by atoms with Crippen molar-refractivity contribution >= 4 is 17.1 Å². The average molecular weight is 224 g/mol. The van der Waals surface area contributed by atoms with E-state index < -0.39 is 0 Å². The van der Waals surface area contributed by atoms with E-state index in [0.29, 0.717) is 6.04 Å². The maximum atomic E-state index is 2.49. The standard InChI is InChI=1S/C15H16N2/c1-16-10-8-12-11-5-2-3-6-13(11)17-9-4-7-14(16)15(12)17/h2-6,9,14H,7-8,10H2,1H3/t14-/m0/s1. The van der Waals surface area contributed by atoms with Gasteiger partial charge in [-0.1, -0.05) is 24.3 Å². The van der Waals surface area contributed by atoms with E-state index in [1.807, 2.05) is 0 Å². The number of hydrogen-bond donors (Lipinski definition) is 0. The quantitative estimate of drug-likeness (QED) is 0.667. The van der Waals surface area contributed by atoms with Gasteiger partial charge in [0.2, 0.25) is 0 Å². The molecule has 0 amide bonds. The summed E-state index contributed by atoms with van der Waals surface area (Å²) in [5, 5.41) is 1.45. The van der Waals surface area contributed by atoms with Gasteiger partial charge in [-0.05, 0) is 31.5 Å². The first-order valence-electron chi connectivity index (χ1n) is 6.35. The number of nitrogens with zero attached hydrogens (tertiary/aromatic N) is 2. The van der Waals surface area contributed by atoms with Gasteiger partial charge in [-0.25, -0.2) is 0 Å². The highest BCUT2D eigenvalue weighted by molar-refractivity contribution is 5.88. The highest BCUT2D eigenvalue weighted by Crippen LogP contribution is 2.40. The molecule has 4 rings (SSSR count). The van der Waals surface area contributed by atoms with Crippen LogP contribution in [0.4, 0.5) is 0 Å². The van der Waals surface area contributed by atoms with Gasteiger partial charge in [-0.15, -0.1) is 0 Å². The summed E-state index contributed by atoms with van der Waals surface area (Å²) >= 11 is 0. The zero-order valence-corrected chi connectivity index (χ0v) is 10.1. The van der Waals surface area contributed by atoms with Gasteiger partial charge in [0.05, 0.1) is 11.6 Å². The summed E-state index contributed by atoms with van der Waals surface area (Å²) in [4.78, 5) is 2.49. The fraction of sp³-hybridized carbons (Fsp3) is 0.333. The van der Waals surface area contributed by atoms with Crippen LogP contribution in [0.25, 0.3) is 17.1 Å². The van der Waals surface area contributed by atoms with Crippen LogP contribution in [-0.2, 0) is 6.42 Å². The Balaban J connectivity index is 2.13. The number of rotatable bonds is 0. The van der Waals surface area contributed by atoms with Crippen molar-refractivity contribution < 1.29 is 0 Å². The predicted octanol–water partition coefficient (Wildman–Crippen LogP) is 3.04. The van der Waals surface area contributed by atoms with Crippen molar-refractivity contribution in [3.05, 3.63) is 41.6 Å². The van der Waals surface area contributed by atoms with Crippen LogP contribution >= 0.6 is 0 Å². The predicted molar refractivity (Wildman–Crippen MR) is 71.0 cm³/mol. The fourth-order valence-electron chi connectivity index (χ4n) is 3.38. The molecule has 1 aromatic carbocycles. The van der Waals surface area contributed by atoms with Gasteiger partial charge < -0.3 is 4.57 Å². The lowest BCUT2D eigenvalue weighted by Gasteiger charge is -2.35. The summed E-state index contributed by atoms with van der Waals surface area (Å²) in [7, 11) is 2.24. The molecule has 0 N–H and O–H groups in total. The third-order valence-corrected chi connectivity index (χ3v) is 4.23. The molecule has 0 spiro atoms. The molecule has 17 heavy (non-hydrogen) atoms. The Hall–Kier alpha value is -1.54. The van der Waals surface area contributed by atoms with E-state index in [1.165, 1.54) is 29.6 Å². The van der Waals surface area contributed by atoms with E-state index in [1.54, 1.807) is 5.56 Å². The molecule has 86 valence electrons. The lowest BCUT2D eigenvalue weighted by atomic mass is 9.95. The van der Waals surface area contributed by atoms with Gasteiger partial charge in [0.15, 0.2) is 0 Å². The number of benzene rings is 1. The van der Waals surface area contributed by atoms with Gasteiger partial charge in [-0.3, -0.25) is 4.90 Å². The second kappa shape index (κ2) is 3.23. The van der Waals surface area contributed by atoms with Gasteiger partial charge in [-0.2, -0.15) is 0 Å². The minimum Gasteiger partial charge on any atom is -0.319 e. The molecular formula is C15H16N2. The molecule has 2 heteroatoms. The molecule has 0 bridgehead atoms. The van der Waals surface area contributed by atoms with Crippen molar-refractivity contribution in [2.24, 2.45) is 0 Å². The first-order valence-corrected chi connectivity index (χ1v) is 6.35. The van der Waals surface area contributed by atoms with Crippen molar-refractivity contribution in [2.45, 2.75) is 18.9 Å². The third-order valence-electron chi connectivity index (χ3n) is 4.23. The first-order chi connectivity index (χ1) is 8.36. The Morgan fingerprint density at radius 1 is 1.24 bits per heavy atom. The van der Waals surface area contributed by atoms with Crippen LogP contribution in [0.2, 0.25) is 0 Å². The Morgan fingerprint density at radius 3 is 3.06 bits per heavy atom. The Bertz CT molecular complexity index is 621. The van der Waals surface area contributed by atoms with Gasteiger partial charge in [0.1, 0.15) is 0 Å². The zero-order chi connectivity index (χ0) is 11.4. The molecule has 1 atom stereocenters. The molecule has 0 saturated heterocycles. The SMILES string of the molecule is CN1CCc2c3n(c4ccccc24)C=CC[C@@H]31. The van der Waals surface area contributed by atoms with Gasteiger partial charge >= 0.3 is 0 Å². The Kier molecular flexibility index (Phi) is 1.80. The highest BCUT2D eigenvalue weighted by atomic mass is 15.2. The smallest absolute Gasteiger partial charge is 0.0539 e. The van der Waals surface area contributed by atoms with Crippen molar-refractivity contribution in [1.29, 1.82) is 0 Å². The second-order valence-corrected chi connectivity index (χ2v) is 5.12. The zero-order valence-electron chi connectivity index (χ0n) is 10.1. The van der Waals surface area contributed by atoms with Crippen LogP contribution in [0.15, 0.2) is 30.3 Å². The average Bonchev–Trinajstić information content (AvgIpc) is 2.70. The molecule has 2 aliphatic rings. The molecule has 2 nitrogen and oxygen atoms in total. The first kappa shape index (κ1) is 9.49. The minimum atomic E-state index is 0.580. The highest BCUT2D eigenvalue weighted by Gasteiger charge is 2.31. The van der Waals surface area contributed by atoms with E-state index in [2.05, 4.69) is 53.1 Å². The van der Waals surface area contributed by atoms with Crippen LogP contribution < -0.4 is 0 Å². The lowest BCUT2D eigenvalue weighted by Crippen LogP contribution is -2.33. The molecule has 1 aromatic heterocycles. The summed E-state index contributed by atoms with van der Waals surface area (Å²) in [6.45, 7) is 1.18. The van der Waals surface area contributed by atoms with Gasteiger partial charge in [0.25, 0.3) is 0 Å². The minimum absolute atomic E-state index is 0.580. The molecule has 0 unspecified atom stereocenters. The Labute approximate surface area is 101 Å². The third kappa shape index (κ3) is 1.14. The number of aromatic nitrogens is 1. The molecule has 0 fully saturated rings. The molecule has 0 saturated carbocycles. The maximum absolute atomic E-state index is 2.49. The van der Waals surface area contributed by atoms with Gasteiger partial charge in [0, 0.05) is 23.8 Å². The van der Waals surface area contributed by atoms with Crippen LogP contribution in [0.5, 0.6) is 0 Å². The maximum Gasteiger partial charge on any atom is 0.0539 e. The van der Waals surface area contributed by atoms with Crippen molar-refractivity contribution in [1.82, 2.24) is 9.47 Å². The molecule has 3 heterocycles. The monoisotopic (exact) mass is 224 g/mol. The fourth-order valence-corrected chi connectivity index (χ4v) is 3.38. The van der Waals surface area contributed by atoms with Crippen LogP contribution in [-0.4, -0.2) is 23.1 Å². The molecule has 0 radical (unpaired) electrons. The van der Waals surface area contributed by atoms with E-state index in [4.69, 9.17) is 0 Å². The van der Waals surface area contributed by atoms with E-state index in [-0.39, 0.29) is 0 Å². The van der Waals surface area contributed by atoms with E-state index >= 15 is 0 Å². The molecule has 0 aliphatic carbocycles. The summed E-state index contributed by atoms with van der Waals surface area (Å²) < 4.78 is 2.40. The summed E-state index contributed by atoms with van der Waals surface area (Å²) in [6.07, 6.45) is 6.88. The number of likely N-dealkylation sites (N-methyl/N-ethyl adjacent to an activating group) is 1. The molecular weight excluding hydrogens is 208 g/mol. The van der Waals surface area contributed by atoms with E-state index in [0.717, 1.165) is 6.42 Å². The van der Waals surface area contributed by atoms with Crippen molar-refractivity contribution in [3.8, 4) is 0 Å². The van der Waals surface area contributed by atoms with Crippen LogP contribution in [0.3, 0.4) is 0 Å². The van der Waals surface area contributed by atoms with E-state index in [9.17, 15) is 0 Å². The normalized spacial score (nSPS) is 23.0. The summed E-state index contributed by atoms with van der Waals surface area (Å²) in [5.41, 5.74) is 4.48. The van der Waals surface area contributed by atoms with Crippen molar-refractivity contribution in [2.75, 3.05) is 13.6 Å². The number of para-hydroxylation sites is 1. The summed E-state index contributed by atoms with van der Waals surface area (Å²) in [6, 6.07) is 9.38. The van der Waals surface area contributed by atoms with Crippen LogP contribution in [0, 0.1) is 0 Å². The number of hydrogen-bond acceptors (Lipinski definition) is 1. The topological polar surface area (TPSA) is 8.17 Å². The molecule has 2 aromatic rings. The largest absolute Gasteiger partial charge is 0.319 e. The lowest BCUT2D eigenvalue weighted by molar-refractivity contribution is 0.224. The van der Waals surface area contributed by atoms with Crippen molar-refractivity contribution in [3.63, 3.8) is 0 Å².